The first kappa shape index (κ1) is 12.6. The molecule has 0 bridgehead atoms. The van der Waals surface area contributed by atoms with Crippen molar-refractivity contribution in [2.24, 2.45) is 0 Å². The first-order valence-electron chi connectivity index (χ1n) is 7.04. The third-order valence-electron chi connectivity index (χ3n) is 3.75. The minimum absolute atomic E-state index is 0.892. The number of hydrogen-bond donors (Lipinski definition) is 0. The minimum atomic E-state index is 0.892. The number of morpholine rings is 1. The van der Waals surface area contributed by atoms with Crippen LogP contribution in [0.5, 0.6) is 0 Å². The lowest BCUT2D eigenvalue weighted by Crippen LogP contribution is -2.36. The Labute approximate surface area is 114 Å². The van der Waals surface area contributed by atoms with Crippen molar-refractivity contribution in [3.8, 4) is 0 Å². The molecule has 0 saturated carbocycles. The van der Waals surface area contributed by atoms with Gasteiger partial charge < -0.3 is 4.74 Å². The molecule has 0 spiro atoms. The molecular formula is C16H20N2O. The van der Waals surface area contributed by atoms with E-state index in [-0.39, 0.29) is 0 Å². The molecule has 1 fully saturated rings. The van der Waals surface area contributed by atoms with Crippen LogP contribution >= 0.6 is 0 Å². The molecule has 0 radical (unpaired) electrons. The van der Waals surface area contributed by atoms with Gasteiger partial charge in [0.15, 0.2) is 0 Å². The lowest BCUT2D eigenvalue weighted by atomic mass is 10.1. The van der Waals surface area contributed by atoms with Crippen LogP contribution in [0.1, 0.15) is 12.0 Å². The normalized spacial score (nSPS) is 16.8. The highest BCUT2D eigenvalue weighted by Gasteiger charge is 2.09. The monoisotopic (exact) mass is 256 g/mol. The molecule has 3 heteroatoms. The van der Waals surface area contributed by atoms with Crippen LogP contribution in [0.15, 0.2) is 36.7 Å². The van der Waals surface area contributed by atoms with Crippen molar-refractivity contribution >= 4 is 10.8 Å². The zero-order valence-corrected chi connectivity index (χ0v) is 11.2. The van der Waals surface area contributed by atoms with E-state index < -0.39 is 0 Å². The molecule has 0 amide bonds. The Kier molecular flexibility index (Phi) is 4.06. The van der Waals surface area contributed by atoms with Gasteiger partial charge in [-0.25, -0.2) is 0 Å². The lowest BCUT2D eigenvalue weighted by Gasteiger charge is -2.26. The predicted molar refractivity (Wildman–Crippen MR) is 77.3 cm³/mol. The van der Waals surface area contributed by atoms with E-state index in [1.165, 1.54) is 29.3 Å². The molecule has 3 rings (SSSR count). The standard InChI is InChI=1S/C16H20N2O/c1(7-18-8-10-19-11-9-18)2-14-3-4-16-13-17-6-5-15(16)12-14/h3-6,12-13H,1-2,7-11H2. The van der Waals surface area contributed by atoms with Crippen LogP contribution in [0.3, 0.4) is 0 Å². The maximum atomic E-state index is 5.36. The molecule has 1 saturated heterocycles. The lowest BCUT2D eigenvalue weighted by molar-refractivity contribution is 0.0375. The second kappa shape index (κ2) is 6.13. The highest BCUT2D eigenvalue weighted by molar-refractivity contribution is 5.81. The molecule has 0 unspecified atom stereocenters. The fourth-order valence-electron chi connectivity index (χ4n) is 2.62. The van der Waals surface area contributed by atoms with E-state index in [0.29, 0.717) is 0 Å². The number of nitrogens with zero attached hydrogens (tertiary/aromatic N) is 2. The van der Waals surface area contributed by atoms with Gasteiger partial charge in [0, 0.05) is 30.9 Å². The maximum Gasteiger partial charge on any atom is 0.0594 e. The third-order valence-corrected chi connectivity index (χ3v) is 3.75. The van der Waals surface area contributed by atoms with E-state index in [2.05, 4.69) is 34.1 Å². The Morgan fingerprint density at radius 1 is 1.11 bits per heavy atom. The largest absolute Gasteiger partial charge is 0.379 e. The number of rotatable bonds is 4. The van der Waals surface area contributed by atoms with Crippen LogP contribution in [-0.4, -0.2) is 42.7 Å². The fourth-order valence-corrected chi connectivity index (χ4v) is 2.62. The van der Waals surface area contributed by atoms with Gasteiger partial charge in [0.05, 0.1) is 13.2 Å². The fraction of sp³-hybridized carbons (Fsp3) is 0.438. The summed E-state index contributed by atoms with van der Waals surface area (Å²) in [5.74, 6) is 0. The summed E-state index contributed by atoms with van der Waals surface area (Å²) < 4.78 is 5.36. The Balaban J connectivity index is 1.56. The topological polar surface area (TPSA) is 25.4 Å². The summed E-state index contributed by atoms with van der Waals surface area (Å²) >= 11 is 0. The van der Waals surface area contributed by atoms with Crippen LogP contribution in [0.4, 0.5) is 0 Å². The molecule has 100 valence electrons. The molecule has 1 aliphatic heterocycles. The van der Waals surface area contributed by atoms with Crippen LogP contribution in [0, 0.1) is 0 Å². The van der Waals surface area contributed by atoms with Crippen LogP contribution in [-0.2, 0) is 11.2 Å². The number of ether oxygens (including phenoxy) is 1. The summed E-state index contributed by atoms with van der Waals surface area (Å²) in [7, 11) is 0. The van der Waals surface area contributed by atoms with E-state index in [9.17, 15) is 0 Å². The van der Waals surface area contributed by atoms with Crippen molar-refractivity contribution < 1.29 is 4.74 Å². The smallest absolute Gasteiger partial charge is 0.0594 e. The van der Waals surface area contributed by atoms with Gasteiger partial charge in [0.1, 0.15) is 0 Å². The van der Waals surface area contributed by atoms with Gasteiger partial charge in [-0.2, -0.15) is 0 Å². The maximum absolute atomic E-state index is 5.36. The summed E-state index contributed by atoms with van der Waals surface area (Å²) in [5, 5.41) is 2.51. The van der Waals surface area contributed by atoms with E-state index in [4.69, 9.17) is 4.74 Å². The Morgan fingerprint density at radius 2 is 2.00 bits per heavy atom. The number of aromatic nitrogens is 1. The minimum Gasteiger partial charge on any atom is -0.379 e. The van der Waals surface area contributed by atoms with Crippen molar-refractivity contribution in [3.05, 3.63) is 42.2 Å². The van der Waals surface area contributed by atoms with Crippen molar-refractivity contribution in [3.63, 3.8) is 0 Å². The third kappa shape index (κ3) is 3.31. The number of fused-ring (bicyclic) bond motifs is 1. The van der Waals surface area contributed by atoms with Gasteiger partial charge in [0.25, 0.3) is 0 Å². The Bertz CT molecular complexity index is 535. The van der Waals surface area contributed by atoms with Crippen molar-refractivity contribution in [1.82, 2.24) is 9.88 Å². The molecule has 0 aliphatic carbocycles. The van der Waals surface area contributed by atoms with Gasteiger partial charge in [0.2, 0.25) is 0 Å². The van der Waals surface area contributed by atoms with Crippen molar-refractivity contribution in [1.29, 1.82) is 0 Å². The number of hydrogen-bond acceptors (Lipinski definition) is 3. The van der Waals surface area contributed by atoms with Gasteiger partial charge in [-0.05, 0) is 36.4 Å². The zero-order valence-electron chi connectivity index (χ0n) is 11.2. The average Bonchev–Trinajstić information content (AvgIpc) is 2.48. The molecule has 1 aromatic heterocycles. The molecule has 19 heavy (non-hydrogen) atoms. The van der Waals surface area contributed by atoms with E-state index in [0.717, 1.165) is 32.7 Å². The zero-order chi connectivity index (χ0) is 12.9. The second-order valence-corrected chi connectivity index (χ2v) is 5.11. The first-order chi connectivity index (χ1) is 9.42. The Morgan fingerprint density at radius 3 is 2.89 bits per heavy atom. The molecule has 0 atom stereocenters. The molecule has 0 N–H and O–H groups in total. The van der Waals surface area contributed by atoms with Gasteiger partial charge in [-0.1, -0.05) is 18.2 Å². The van der Waals surface area contributed by atoms with Crippen LogP contribution in [0.25, 0.3) is 10.8 Å². The van der Waals surface area contributed by atoms with E-state index in [1.54, 1.807) is 0 Å². The van der Waals surface area contributed by atoms with E-state index in [1.807, 2.05) is 12.4 Å². The van der Waals surface area contributed by atoms with Crippen molar-refractivity contribution in [2.75, 3.05) is 32.8 Å². The summed E-state index contributed by atoms with van der Waals surface area (Å²) in [6.07, 6.45) is 6.15. The average molecular weight is 256 g/mol. The molecule has 2 heterocycles. The van der Waals surface area contributed by atoms with Crippen molar-refractivity contribution in [2.45, 2.75) is 12.8 Å². The molecule has 3 nitrogen and oxygen atoms in total. The summed E-state index contributed by atoms with van der Waals surface area (Å²) in [6, 6.07) is 8.77. The summed E-state index contributed by atoms with van der Waals surface area (Å²) in [6.45, 7) is 5.14. The van der Waals surface area contributed by atoms with Gasteiger partial charge >= 0.3 is 0 Å². The van der Waals surface area contributed by atoms with Gasteiger partial charge in [-0.3, -0.25) is 9.88 Å². The quantitative estimate of drug-likeness (QED) is 0.840. The highest BCUT2D eigenvalue weighted by Crippen LogP contribution is 2.15. The summed E-state index contributed by atoms with van der Waals surface area (Å²) in [5.41, 5.74) is 1.42. The second-order valence-electron chi connectivity index (χ2n) is 5.11. The highest BCUT2D eigenvalue weighted by atomic mass is 16.5. The molecule has 2 aromatic rings. The number of pyridine rings is 1. The van der Waals surface area contributed by atoms with Crippen LogP contribution < -0.4 is 0 Å². The summed E-state index contributed by atoms with van der Waals surface area (Å²) in [4.78, 5) is 6.64. The van der Waals surface area contributed by atoms with Crippen LogP contribution in [0.2, 0.25) is 0 Å². The Hall–Kier alpha value is -1.45. The first-order valence-corrected chi connectivity index (χ1v) is 7.04. The molecular weight excluding hydrogens is 236 g/mol. The molecule has 1 aliphatic rings. The van der Waals surface area contributed by atoms with E-state index >= 15 is 0 Å². The SMILES string of the molecule is c1cc2cc(CCCN3CCOCC3)ccc2cn1. The predicted octanol–water partition coefficient (Wildman–Crippen LogP) is 2.50. The number of benzene rings is 1. The van der Waals surface area contributed by atoms with Gasteiger partial charge in [-0.15, -0.1) is 0 Å². The number of aryl methyl sites for hydroxylation is 1. The molecule has 1 aromatic carbocycles.